The Balaban J connectivity index is 1.84. The van der Waals surface area contributed by atoms with E-state index in [9.17, 15) is 0 Å². The van der Waals surface area contributed by atoms with Crippen molar-refractivity contribution >= 4 is 22.9 Å². The van der Waals surface area contributed by atoms with Gasteiger partial charge in [-0.05, 0) is 50.4 Å². The van der Waals surface area contributed by atoms with E-state index in [1.165, 1.54) is 30.6 Å². The molecule has 4 heteroatoms. The fraction of sp³-hybridized carbons (Fsp3) is 0.714. The minimum Gasteiger partial charge on any atom is -0.330 e. The van der Waals surface area contributed by atoms with Crippen LogP contribution in [-0.4, -0.2) is 25.0 Å². The number of hydrogen-bond donors (Lipinski definition) is 1. The molecule has 102 valence electrons. The molecule has 1 saturated carbocycles. The Bertz CT molecular complexity index is 366. The third-order valence-corrected chi connectivity index (χ3v) is 5.19. The Kier molecular flexibility index (Phi) is 5.49. The number of nitrogens with two attached hydrogens (primary N) is 1. The molecule has 0 radical (unpaired) electrons. The largest absolute Gasteiger partial charge is 0.330 e. The van der Waals surface area contributed by atoms with E-state index in [0.717, 1.165) is 35.8 Å². The molecule has 18 heavy (non-hydrogen) atoms. The maximum Gasteiger partial charge on any atom is 0.0931 e. The van der Waals surface area contributed by atoms with E-state index in [2.05, 4.69) is 18.0 Å². The average molecular weight is 287 g/mol. The summed E-state index contributed by atoms with van der Waals surface area (Å²) in [4.78, 5) is 3.77. The van der Waals surface area contributed by atoms with Crippen LogP contribution in [0.2, 0.25) is 4.34 Å². The Labute approximate surface area is 119 Å². The second kappa shape index (κ2) is 6.90. The van der Waals surface area contributed by atoms with Crippen LogP contribution in [0, 0.1) is 11.8 Å². The fourth-order valence-corrected chi connectivity index (χ4v) is 4.17. The predicted octanol–water partition coefficient (Wildman–Crippen LogP) is 3.60. The van der Waals surface area contributed by atoms with Gasteiger partial charge in [-0.3, -0.25) is 0 Å². The van der Waals surface area contributed by atoms with Gasteiger partial charge in [0.05, 0.1) is 4.34 Å². The normalized spacial score (nSPS) is 24.7. The third-order valence-electron chi connectivity index (χ3n) is 3.97. The van der Waals surface area contributed by atoms with Crippen molar-refractivity contribution in [1.29, 1.82) is 0 Å². The summed E-state index contributed by atoms with van der Waals surface area (Å²) in [5.41, 5.74) is 5.89. The summed E-state index contributed by atoms with van der Waals surface area (Å²) in [6.45, 7) is 3.02. The standard InChI is InChI=1S/C14H23ClN2S/c1-17(10-13-6-7-14(15)18-13)9-12-5-3-2-4-11(12)8-16/h6-7,11-12H,2-5,8-10,16H2,1H3. The van der Waals surface area contributed by atoms with Gasteiger partial charge in [-0.25, -0.2) is 0 Å². The van der Waals surface area contributed by atoms with Crippen molar-refractivity contribution in [2.24, 2.45) is 17.6 Å². The number of halogens is 1. The fourth-order valence-electron chi connectivity index (χ4n) is 3.00. The van der Waals surface area contributed by atoms with Crippen molar-refractivity contribution in [2.75, 3.05) is 20.1 Å². The van der Waals surface area contributed by atoms with E-state index in [1.54, 1.807) is 11.3 Å². The third kappa shape index (κ3) is 3.95. The van der Waals surface area contributed by atoms with Crippen molar-refractivity contribution in [1.82, 2.24) is 4.90 Å². The van der Waals surface area contributed by atoms with Gasteiger partial charge >= 0.3 is 0 Å². The molecule has 0 aliphatic heterocycles. The van der Waals surface area contributed by atoms with E-state index in [4.69, 9.17) is 17.3 Å². The van der Waals surface area contributed by atoms with E-state index in [1.807, 2.05) is 6.07 Å². The molecule has 0 spiro atoms. The van der Waals surface area contributed by atoms with Gasteiger partial charge in [0.15, 0.2) is 0 Å². The van der Waals surface area contributed by atoms with Gasteiger partial charge in [0.2, 0.25) is 0 Å². The minimum atomic E-state index is 0.730. The second-order valence-electron chi connectivity index (χ2n) is 5.44. The van der Waals surface area contributed by atoms with Crippen molar-refractivity contribution in [3.63, 3.8) is 0 Å². The first kappa shape index (κ1) is 14.3. The number of nitrogens with zero attached hydrogens (tertiary/aromatic N) is 1. The summed E-state index contributed by atoms with van der Waals surface area (Å²) in [5.74, 6) is 1.51. The molecule has 0 aromatic carbocycles. The zero-order chi connectivity index (χ0) is 13.0. The quantitative estimate of drug-likeness (QED) is 0.896. The first-order valence-corrected chi connectivity index (χ1v) is 8.01. The van der Waals surface area contributed by atoms with Crippen molar-refractivity contribution in [3.8, 4) is 0 Å². The first-order valence-electron chi connectivity index (χ1n) is 6.82. The maximum absolute atomic E-state index is 5.96. The molecular formula is C14H23ClN2S. The molecule has 0 bridgehead atoms. The van der Waals surface area contributed by atoms with Crippen LogP contribution in [0.1, 0.15) is 30.6 Å². The van der Waals surface area contributed by atoms with Gasteiger partial charge in [-0.2, -0.15) is 0 Å². The lowest BCUT2D eigenvalue weighted by molar-refractivity contribution is 0.171. The van der Waals surface area contributed by atoms with Gasteiger partial charge in [0.25, 0.3) is 0 Å². The zero-order valence-electron chi connectivity index (χ0n) is 11.1. The predicted molar refractivity (Wildman–Crippen MR) is 80.2 cm³/mol. The van der Waals surface area contributed by atoms with Crippen LogP contribution < -0.4 is 5.73 Å². The van der Waals surface area contributed by atoms with Gasteiger partial charge in [-0.15, -0.1) is 11.3 Å². The lowest BCUT2D eigenvalue weighted by Crippen LogP contribution is -2.35. The zero-order valence-corrected chi connectivity index (χ0v) is 12.6. The molecule has 1 fully saturated rings. The smallest absolute Gasteiger partial charge is 0.0931 e. The summed E-state index contributed by atoms with van der Waals surface area (Å²) < 4.78 is 0.885. The SMILES string of the molecule is CN(Cc1ccc(Cl)s1)CC1CCCCC1CN. The lowest BCUT2D eigenvalue weighted by Gasteiger charge is -2.33. The van der Waals surface area contributed by atoms with Crippen LogP contribution in [0.25, 0.3) is 0 Å². The summed E-state index contributed by atoms with van der Waals surface area (Å²) in [6.07, 6.45) is 5.40. The Morgan fingerprint density at radius 2 is 2.06 bits per heavy atom. The highest BCUT2D eigenvalue weighted by atomic mass is 35.5. The Hall–Kier alpha value is -0.0900. The Morgan fingerprint density at radius 1 is 1.33 bits per heavy atom. The highest BCUT2D eigenvalue weighted by Crippen LogP contribution is 2.30. The second-order valence-corrected chi connectivity index (χ2v) is 7.24. The number of rotatable bonds is 5. The molecule has 0 saturated heterocycles. The molecule has 1 aliphatic rings. The van der Waals surface area contributed by atoms with Gasteiger partial charge in [0, 0.05) is 18.0 Å². The molecule has 2 nitrogen and oxygen atoms in total. The van der Waals surface area contributed by atoms with Crippen molar-refractivity contribution in [2.45, 2.75) is 32.2 Å². The molecule has 2 atom stereocenters. The van der Waals surface area contributed by atoms with Crippen LogP contribution in [-0.2, 0) is 6.54 Å². The van der Waals surface area contributed by atoms with Gasteiger partial charge in [-0.1, -0.05) is 24.4 Å². The minimum absolute atomic E-state index is 0.730. The molecule has 1 aromatic rings. The summed E-state index contributed by atoms with van der Waals surface area (Å²) in [7, 11) is 2.20. The molecule has 0 amide bonds. The molecule has 2 unspecified atom stereocenters. The topological polar surface area (TPSA) is 29.3 Å². The van der Waals surface area contributed by atoms with E-state index in [-0.39, 0.29) is 0 Å². The molecule has 1 aliphatic carbocycles. The van der Waals surface area contributed by atoms with Gasteiger partial charge < -0.3 is 10.6 Å². The van der Waals surface area contributed by atoms with Crippen LogP contribution >= 0.6 is 22.9 Å². The maximum atomic E-state index is 5.96. The molecule has 1 heterocycles. The number of hydrogen-bond acceptors (Lipinski definition) is 3. The summed E-state index contributed by atoms with van der Waals surface area (Å²) >= 11 is 7.65. The Morgan fingerprint density at radius 3 is 2.67 bits per heavy atom. The highest BCUT2D eigenvalue weighted by Gasteiger charge is 2.24. The van der Waals surface area contributed by atoms with E-state index >= 15 is 0 Å². The van der Waals surface area contributed by atoms with E-state index < -0.39 is 0 Å². The monoisotopic (exact) mass is 286 g/mol. The molecule has 2 rings (SSSR count). The molecule has 1 aromatic heterocycles. The van der Waals surface area contributed by atoms with E-state index in [0.29, 0.717) is 0 Å². The van der Waals surface area contributed by atoms with Gasteiger partial charge in [0.1, 0.15) is 0 Å². The van der Waals surface area contributed by atoms with Crippen LogP contribution in [0.3, 0.4) is 0 Å². The highest BCUT2D eigenvalue weighted by molar-refractivity contribution is 7.16. The van der Waals surface area contributed by atoms with Crippen molar-refractivity contribution in [3.05, 3.63) is 21.3 Å². The molecular weight excluding hydrogens is 264 g/mol. The van der Waals surface area contributed by atoms with Crippen LogP contribution in [0.15, 0.2) is 12.1 Å². The lowest BCUT2D eigenvalue weighted by atomic mass is 9.79. The van der Waals surface area contributed by atoms with Crippen molar-refractivity contribution < 1.29 is 0 Å². The summed E-state index contributed by atoms with van der Waals surface area (Å²) in [6, 6.07) is 4.11. The first-order chi connectivity index (χ1) is 8.69. The number of thiophene rings is 1. The molecule has 2 N–H and O–H groups in total. The van der Waals surface area contributed by atoms with Crippen LogP contribution in [0.5, 0.6) is 0 Å². The average Bonchev–Trinajstić information content (AvgIpc) is 2.75. The van der Waals surface area contributed by atoms with Crippen LogP contribution in [0.4, 0.5) is 0 Å². The summed E-state index contributed by atoms with van der Waals surface area (Å²) in [5, 5.41) is 0.